The summed E-state index contributed by atoms with van der Waals surface area (Å²) in [6.07, 6.45) is 2.10. The summed E-state index contributed by atoms with van der Waals surface area (Å²) in [6, 6.07) is 8.70. The van der Waals surface area contributed by atoms with Crippen molar-refractivity contribution in [3.8, 4) is 0 Å². The van der Waals surface area contributed by atoms with Gasteiger partial charge in [0.1, 0.15) is 5.82 Å². The summed E-state index contributed by atoms with van der Waals surface area (Å²) in [5, 5.41) is 3.39. The summed E-state index contributed by atoms with van der Waals surface area (Å²) in [4.78, 5) is 10.3. The van der Waals surface area contributed by atoms with E-state index in [1.807, 2.05) is 0 Å². The van der Waals surface area contributed by atoms with E-state index in [-0.39, 0.29) is 0 Å². The zero-order chi connectivity index (χ0) is 14.2. The summed E-state index contributed by atoms with van der Waals surface area (Å²) in [6.45, 7) is 3.82. The van der Waals surface area contributed by atoms with Gasteiger partial charge in [-0.05, 0) is 42.7 Å². The molecule has 0 radical (unpaired) electrons. The molecule has 2 aliphatic rings. The molecule has 0 aliphatic carbocycles. The van der Waals surface area contributed by atoms with Crippen molar-refractivity contribution in [1.82, 2.24) is 15.3 Å². The molecule has 108 valence electrons. The van der Waals surface area contributed by atoms with Gasteiger partial charge in [-0.15, -0.1) is 0 Å². The molecule has 2 aliphatic heterocycles. The molecule has 0 bridgehead atoms. The van der Waals surface area contributed by atoms with Crippen molar-refractivity contribution in [2.24, 2.45) is 0 Å². The van der Waals surface area contributed by atoms with Crippen molar-refractivity contribution in [3.05, 3.63) is 51.4 Å². The third-order valence-corrected chi connectivity index (χ3v) is 4.58. The largest absolute Gasteiger partial charge is 0.352 e. The maximum Gasteiger partial charge on any atom is 0.199 e. The quantitative estimate of drug-likeness (QED) is 0.793. The second-order valence-corrected chi connectivity index (χ2v) is 6.08. The number of nitrogens with one attached hydrogen (secondary N) is 2. The number of fused-ring (bicyclic) bond motifs is 2. The number of hydrogen-bond acceptors (Lipinski definition) is 4. The highest BCUT2D eigenvalue weighted by Crippen LogP contribution is 2.28. The van der Waals surface area contributed by atoms with Crippen LogP contribution < -0.4 is 10.2 Å². The first-order valence-corrected chi connectivity index (χ1v) is 7.86. The van der Waals surface area contributed by atoms with E-state index in [1.165, 1.54) is 22.4 Å². The molecule has 4 rings (SSSR count). The van der Waals surface area contributed by atoms with E-state index in [4.69, 9.17) is 12.2 Å². The minimum absolute atomic E-state index is 0.589. The predicted molar refractivity (Wildman–Crippen MR) is 86.0 cm³/mol. The molecule has 0 fully saturated rings. The maximum atomic E-state index is 5.31. The Bertz CT molecular complexity index is 737. The molecular formula is C16H18N4S. The molecule has 0 spiro atoms. The third kappa shape index (κ3) is 2.36. The lowest BCUT2D eigenvalue weighted by Gasteiger charge is -2.32. The highest BCUT2D eigenvalue weighted by molar-refractivity contribution is 7.71. The number of anilines is 1. The van der Waals surface area contributed by atoms with E-state index in [0.29, 0.717) is 4.77 Å². The fourth-order valence-electron chi connectivity index (χ4n) is 3.31. The molecule has 21 heavy (non-hydrogen) atoms. The number of H-pyrrole nitrogens is 1. The van der Waals surface area contributed by atoms with Gasteiger partial charge in [0.05, 0.1) is 0 Å². The Labute approximate surface area is 129 Å². The fourth-order valence-corrected chi connectivity index (χ4v) is 3.52. The normalized spacial score (nSPS) is 17.2. The van der Waals surface area contributed by atoms with Crippen molar-refractivity contribution in [2.45, 2.75) is 25.9 Å². The van der Waals surface area contributed by atoms with Gasteiger partial charge >= 0.3 is 0 Å². The highest BCUT2D eigenvalue weighted by Gasteiger charge is 2.22. The molecule has 3 heterocycles. The molecule has 2 aromatic rings. The SMILES string of the molecule is S=c1nc(N2CCc3ccccc3C2)c2c([nH]1)CNCC2. The van der Waals surface area contributed by atoms with Crippen LogP contribution in [0.3, 0.4) is 0 Å². The highest BCUT2D eigenvalue weighted by atomic mass is 32.1. The van der Waals surface area contributed by atoms with E-state index in [9.17, 15) is 0 Å². The number of aromatic nitrogens is 2. The summed E-state index contributed by atoms with van der Waals surface area (Å²) in [5.74, 6) is 1.09. The molecule has 1 aromatic carbocycles. The average molecular weight is 298 g/mol. The van der Waals surface area contributed by atoms with Crippen LogP contribution in [0.2, 0.25) is 0 Å². The molecule has 0 amide bonds. The van der Waals surface area contributed by atoms with Gasteiger partial charge in [-0.1, -0.05) is 24.3 Å². The third-order valence-electron chi connectivity index (χ3n) is 4.38. The molecule has 0 saturated heterocycles. The number of aromatic amines is 1. The van der Waals surface area contributed by atoms with E-state index < -0.39 is 0 Å². The zero-order valence-corrected chi connectivity index (χ0v) is 12.7. The molecule has 1 aromatic heterocycles. The number of benzene rings is 1. The van der Waals surface area contributed by atoms with Crippen molar-refractivity contribution in [2.75, 3.05) is 18.0 Å². The molecule has 5 heteroatoms. The fraction of sp³-hybridized carbons (Fsp3) is 0.375. The van der Waals surface area contributed by atoms with E-state index in [1.54, 1.807) is 0 Å². The van der Waals surface area contributed by atoms with Crippen LogP contribution in [0.25, 0.3) is 0 Å². The van der Waals surface area contributed by atoms with Crippen LogP contribution in [0.5, 0.6) is 0 Å². The average Bonchev–Trinajstić information content (AvgIpc) is 2.53. The molecule has 0 atom stereocenters. The minimum Gasteiger partial charge on any atom is -0.352 e. The minimum atomic E-state index is 0.589. The van der Waals surface area contributed by atoms with Crippen molar-refractivity contribution in [1.29, 1.82) is 0 Å². The lowest BCUT2D eigenvalue weighted by molar-refractivity contribution is 0.613. The topological polar surface area (TPSA) is 44.0 Å². The Morgan fingerprint density at radius 2 is 2.00 bits per heavy atom. The van der Waals surface area contributed by atoms with Gasteiger partial charge in [0.15, 0.2) is 4.77 Å². The molecular weight excluding hydrogens is 280 g/mol. The summed E-state index contributed by atoms with van der Waals surface area (Å²) < 4.78 is 0.589. The van der Waals surface area contributed by atoms with E-state index in [0.717, 1.165) is 44.8 Å². The zero-order valence-electron chi connectivity index (χ0n) is 11.9. The Balaban J connectivity index is 1.75. The van der Waals surface area contributed by atoms with Gasteiger partial charge < -0.3 is 15.2 Å². The Kier molecular flexibility index (Phi) is 3.24. The summed E-state index contributed by atoms with van der Waals surface area (Å²) in [5.41, 5.74) is 5.41. The first kappa shape index (κ1) is 13.0. The van der Waals surface area contributed by atoms with Crippen LogP contribution in [0.4, 0.5) is 5.82 Å². The Morgan fingerprint density at radius 1 is 1.14 bits per heavy atom. The monoisotopic (exact) mass is 298 g/mol. The first-order valence-electron chi connectivity index (χ1n) is 7.46. The molecule has 0 unspecified atom stereocenters. The summed E-state index contributed by atoms with van der Waals surface area (Å²) in [7, 11) is 0. The number of rotatable bonds is 1. The van der Waals surface area contributed by atoms with Gasteiger partial charge in [0.2, 0.25) is 0 Å². The van der Waals surface area contributed by atoms with Crippen LogP contribution in [-0.4, -0.2) is 23.1 Å². The van der Waals surface area contributed by atoms with E-state index in [2.05, 4.69) is 44.5 Å². The first-order chi connectivity index (χ1) is 10.3. The lowest BCUT2D eigenvalue weighted by atomic mass is 9.99. The van der Waals surface area contributed by atoms with Gasteiger partial charge in [0, 0.05) is 30.9 Å². The van der Waals surface area contributed by atoms with Crippen LogP contribution in [-0.2, 0) is 25.9 Å². The van der Waals surface area contributed by atoms with Crippen LogP contribution >= 0.6 is 12.2 Å². The Hall–Kier alpha value is -1.72. The number of hydrogen-bond donors (Lipinski definition) is 2. The van der Waals surface area contributed by atoms with Gasteiger partial charge in [0.25, 0.3) is 0 Å². The molecule has 2 N–H and O–H groups in total. The van der Waals surface area contributed by atoms with Crippen LogP contribution in [0.1, 0.15) is 22.4 Å². The van der Waals surface area contributed by atoms with Crippen LogP contribution in [0.15, 0.2) is 24.3 Å². The predicted octanol–water partition coefficient (Wildman–Crippen LogP) is 2.35. The second kappa shape index (κ2) is 5.24. The molecule has 4 nitrogen and oxygen atoms in total. The van der Waals surface area contributed by atoms with Gasteiger partial charge in [-0.3, -0.25) is 0 Å². The van der Waals surface area contributed by atoms with Crippen LogP contribution in [0, 0.1) is 4.77 Å². The standard InChI is InChI=1S/C16H18N4S/c21-16-18-14-9-17-7-5-13(14)15(19-16)20-8-6-11-3-1-2-4-12(11)10-20/h1-4,17H,5-10H2,(H,18,19,21). The molecule has 0 saturated carbocycles. The van der Waals surface area contributed by atoms with Gasteiger partial charge in [-0.25, -0.2) is 4.98 Å². The van der Waals surface area contributed by atoms with Crippen molar-refractivity contribution in [3.63, 3.8) is 0 Å². The van der Waals surface area contributed by atoms with Crippen molar-refractivity contribution >= 4 is 18.0 Å². The Morgan fingerprint density at radius 3 is 2.90 bits per heavy atom. The van der Waals surface area contributed by atoms with Crippen molar-refractivity contribution < 1.29 is 0 Å². The smallest absolute Gasteiger partial charge is 0.199 e. The lowest BCUT2D eigenvalue weighted by Crippen LogP contribution is -2.34. The van der Waals surface area contributed by atoms with E-state index >= 15 is 0 Å². The number of nitrogens with zero attached hydrogens (tertiary/aromatic N) is 2. The van der Waals surface area contributed by atoms with Gasteiger partial charge in [-0.2, -0.15) is 0 Å². The maximum absolute atomic E-state index is 5.31. The summed E-state index contributed by atoms with van der Waals surface area (Å²) >= 11 is 5.31. The second-order valence-electron chi connectivity index (χ2n) is 5.69.